The molecule has 3 rings (SSSR count). The highest BCUT2D eigenvalue weighted by atomic mass is 16.5. The molecule has 0 radical (unpaired) electrons. The van der Waals surface area contributed by atoms with Crippen LogP contribution >= 0.6 is 0 Å². The summed E-state index contributed by atoms with van der Waals surface area (Å²) in [6.45, 7) is 0. The Morgan fingerprint density at radius 2 is 2.06 bits per heavy atom. The molecule has 2 heterocycles. The first-order chi connectivity index (χ1) is 7.78. The molecule has 0 saturated carbocycles. The third-order valence-electron chi connectivity index (χ3n) is 3.51. The number of carbonyl (C=O) groups is 1. The van der Waals surface area contributed by atoms with Gasteiger partial charge in [-0.2, -0.15) is 0 Å². The molecule has 2 saturated heterocycles. The Morgan fingerprint density at radius 1 is 1.31 bits per heavy atom. The lowest BCUT2D eigenvalue weighted by Crippen LogP contribution is -2.24. The highest BCUT2D eigenvalue weighted by molar-refractivity contribution is 5.87. The van der Waals surface area contributed by atoms with E-state index in [-0.39, 0.29) is 23.9 Å². The zero-order chi connectivity index (χ0) is 11.1. The van der Waals surface area contributed by atoms with Crippen LogP contribution < -0.4 is 4.74 Å². The standard InChI is InChI=1S/C13H14O3/c1-15-9-4-2-8(3-5-9)11-6-10-7-12(14)13(11)16-10/h2-5,10-11,13H,6-7H2,1H3/t10-,11-,13+/m0/s1. The van der Waals surface area contributed by atoms with Gasteiger partial charge in [0.15, 0.2) is 5.78 Å². The van der Waals surface area contributed by atoms with Gasteiger partial charge in [-0.05, 0) is 24.1 Å². The van der Waals surface area contributed by atoms with Gasteiger partial charge in [0.25, 0.3) is 0 Å². The Morgan fingerprint density at radius 3 is 2.62 bits per heavy atom. The lowest BCUT2D eigenvalue weighted by Gasteiger charge is -2.18. The number of rotatable bonds is 2. The summed E-state index contributed by atoms with van der Waals surface area (Å²) in [4.78, 5) is 11.6. The Kier molecular flexibility index (Phi) is 2.21. The van der Waals surface area contributed by atoms with E-state index in [1.54, 1.807) is 7.11 Å². The number of hydrogen-bond acceptors (Lipinski definition) is 3. The van der Waals surface area contributed by atoms with E-state index in [2.05, 4.69) is 0 Å². The number of carbonyl (C=O) groups excluding carboxylic acids is 1. The molecule has 1 aromatic carbocycles. The first-order valence-corrected chi connectivity index (χ1v) is 5.60. The van der Waals surface area contributed by atoms with Crippen LogP contribution in [-0.2, 0) is 9.53 Å². The van der Waals surface area contributed by atoms with E-state index < -0.39 is 0 Å². The number of benzene rings is 1. The molecule has 3 atom stereocenters. The number of hydrogen-bond donors (Lipinski definition) is 0. The third kappa shape index (κ3) is 1.43. The Labute approximate surface area is 94.4 Å². The van der Waals surface area contributed by atoms with Crippen molar-refractivity contribution in [3.05, 3.63) is 29.8 Å². The summed E-state index contributed by atoms with van der Waals surface area (Å²) in [5.74, 6) is 1.35. The van der Waals surface area contributed by atoms with Gasteiger partial charge in [-0.3, -0.25) is 4.79 Å². The Bertz CT molecular complexity index is 410. The van der Waals surface area contributed by atoms with E-state index >= 15 is 0 Å². The fraction of sp³-hybridized carbons (Fsp3) is 0.462. The highest BCUT2D eigenvalue weighted by Crippen LogP contribution is 2.42. The van der Waals surface area contributed by atoms with E-state index in [0.29, 0.717) is 6.42 Å². The number of methoxy groups -OCH3 is 1. The van der Waals surface area contributed by atoms with Crippen LogP contribution in [0.3, 0.4) is 0 Å². The van der Waals surface area contributed by atoms with Crippen molar-refractivity contribution in [2.75, 3.05) is 7.11 Å². The van der Waals surface area contributed by atoms with Crippen molar-refractivity contribution in [2.24, 2.45) is 0 Å². The average molecular weight is 218 g/mol. The van der Waals surface area contributed by atoms with Gasteiger partial charge in [-0.1, -0.05) is 12.1 Å². The van der Waals surface area contributed by atoms with Crippen LogP contribution in [0.4, 0.5) is 0 Å². The molecule has 3 heteroatoms. The van der Waals surface area contributed by atoms with Crippen LogP contribution in [0, 0.1) is 0 Å². The van der Waals surface area contributed by atoms with E-state index in [1.165, 1.54) is 5.56 Å². The molecule has 0 aromatic heterocycles. The summed E-state index contributed by atoms with van der Waals surface area (Å²) in [6.07, 6.45) is 1.54. The molecule has 0 N–H and O–H groups in total. The predicted octanol–water partition coefficient (Wildman–Crippen LogP) is 1.91. The van der Waals surface area contributed by atoms with Crippen molar-refractivity contribution in [3.63, 3.8) is 0 Å². The number of Topliss-reactive ketones (excluding diaryl/α,β-unsaturated/α-hetero) is 1. The van der Waals surface area contributed by atoms with Gasteiger partial charge < -0.3 is 9.47 Å². The number of ether oxygens (including phenoxy) is 2. The predicted molar refractivity (Wildman–Crippen MR) is 58.6 cm³/mol. The second-order valence-corrected chi connectivity index (χ2v) is 4.46. The quantitative estimate of drug-likeness (QED) is 0.760. The summed E-state index contributed by atoms with van der Waals surface area (Å²) < 4.78 is 10.7. The lowest BCUT2D eigenvalue weighted by atomic mass is 9.83. The average Bonchev–Trinajstić information content (AvgIpc) is 2.88. The minimum absolute atomic E-state index is 0.157. The number of fused-ring (bicyclic) bond motifs is 2. The molecule has 16 heavy (non-hydrogen) atoms. The van der Waals surface area contributed by atoms with E-state index in [9.17, 15) is 4.79 Å². The topological polar surface area (TPSA) is 35.5 Å². The van der Waals surface area contributed by atoms with Crippen LogP contribution in [0.5, 0.6) is 5.75 Å². The fourth-order valence-electron chi connectivity index (χ4n) is 2.70. The van der Waals surface area contributed by atoms with Gasteiger partial charge in [-0.25, -0.2) is 0 Å². The van der Waals surface area contributed by atoms with Crippen molar-refractivity contribution in [2.45, 2.75) is 31.0 Å². The summed E-state index contributed by atoms with van der Waals surface area (Å²) in [7, 11) is 1.65. The molecule has 1 aromatic rings. The smallest absolute Gasteiger partial charge is 0.164 e. The van der Waals surface area contributed by atoms with E-state index in [1.807, 2.05) is 24.3 Å². The van der Waals surface area contributed by atoms with Crippen molar-refractivity contribution in [1.29, 1.82) is 0 Å². The molecule has 0 aliphatic carbocycles. The second kappa shape index (κ2) is 3.59. The monoisotopic (exact) mass is 218 g/mol. The molecule has 0 spiro atoms. The minimum Gasteiger partial charge on any atom is -0.497 e. The first kappa shape index (κ1) is 9.85. The Balaban J connectivity index is 1.85. The highest BCUT2D eigenvalue weighted by Gasteiger charge is 2.47. The number of ketones is 1. The largest absolute Gasteiger partial charge is 0.497 e. The van der Waals surface area contributed by atoms with Crippen molar-refractivity contribution in [3.8, 4) is 5.75 Å². The maximum Gasteiger partial charge on any atom is 0.164 e. The zero-order valence-electron chi connectivity index (χ0n) is 9.18. The molecule has 0 unspecified atom stereocenters. The molecule has 2 fully saturated rings. The van der Waals surface area contributed by atoms with Gasteiger partial charge >= 0.3 is 0 Å². The van der Waals surface area contributed by atoms with Crippen molar-refractivity contribution < 1.29 is 14.3 Å². The maximum absolute atomic E-state index is 11.6. The van der Waals surface area contributed by atoms with Gasteiger partial charge in [0.2, 0.25) is 0 Å². The van der Waals surface area contributed by atoms with Crippen LogP contribution in [0.2, 0.25) is 0 Å². The van der Waals surface area contributed by atoms with Crippen molar-refractivity contribution in [1.82, 2.24) is 0 Å². The SMILES string of the molecule is COc1ccc([C@@H]2C[C@H]3CC(=O)[C@@H]2O3)cc1. The molecule has 2 aliphatic heterocycles. The third-order valence-corrected chi connectivity index (χ3v) is 3.51. The lowest BCUT2D eigenvalue weighted by molar-refractivity contribution is -0.122. The van der Waals surface area contributed by atoms with Gasteiger partial charge in [0.05, 0.1) is 13.2 Å². The van der Waals surface area contributed by atoms with Gasteiger partial charge in [0, 0.05) is 12.3 Å². The molecule has 0 amide bonds. The maximum atomic E-state index is 11.6. The molecule has 2 bridgehead atoms. The minimum atomic E-state index is -0.196. The van der Waals surface area contributed by atoms with Crippen molar-refractivity contribution >= 4 is 5.78 Å². The molecule has 84 valence electrons. The van der Waals surface area contributed by atoms with Crippen LogP contribution in [0.25, 0.3) is 0 Å². The normalized spacial score (nSPS) is 32.1. The van der Waals surface area contributed by atoms with Gasteiger partial charge in [0.1, 0.15) is 11.9 Å². The molecule has 3 nitrogen and oxygen atoms in total. The Hall–Kier alpha value is -1.35. The summed E-state index contributed by atoms with van der Waals surface area (Å²) >= 11 is 0. The summed E-state index contributed by atoms with van der Waals surface area (Å²) in [6, 6.07) is 7.93. The molecule has 2 aliphatic rings. The summed E-state index contributed by atoms with van der Waals surface area (Å²) in [5.41, 5.74) is 1.18. The van der Waals surface area contributed by atoms with Crippen LogP contribution in [0.1, 0.15) is 24.3 Å². The first-order valence-electron chi connectivity index (χ1n) is 5.60. The second-order valence-electron chi connectivity index (χ2n) is 4.46. The van der Waals surface area contributed by atoms with Crippen LogP contribution in [-0.4, -0.2) is 25.1 Å². The summed E-state index contributed by atoms with van der Waals surface area (Å²) in [5, 5.41) is 0. The zero-order valence-corrected chi connectivity index (χ0v) is 9.18. The van der Waals surface area contributed by atoms with Gasteiger partial charge in [-0.15, -0.1) is 0 Å². The molecular weight excluding hydrogens is 204 g/mol. The van der Waals surface area contributed by atoms with E-state index in [0.717, 1.165) is 12.2 Å². The fourth-order valence-corrected chi connectivity index (χ4v) is 2.70. The van der Waals surface area contributed by atoms with Crippen LogP contribution in [0.15, 0.2) is 24.3 Å². The molecular formula is C13H14O3. The van der Waals surface area contributed by atoms with E-state index in [4.69, 9.17) is 9.47 Å².